The molecule has 16 heavy (non-hydrogen) atoms. The largest absolute Gasteiger partial charge is 0.477 e. The van der Waals surface area contributed by atoms with Crippen molar-refractivity contribution in [1.29, 1.82) is 0 Å². The van der Waals surface area contributed by atoms with Gasteiger partial charge in [-0.1, -0.05) is 18.2 Å². The molecule has 80 valence electrons. The van der Waals surface area contributed by atoms with Crippen molar-refractivity contribution in [3.8, 4) is 0 Å². The highest BCUT2D eigenvalue weighted by molar-refractivity contribution is 5.93. The van der Waals surface area contributed by atoms with E-state index in [9.17, 15) is 9.59 Å². The molecule has 0 spiro atoms. The molecule has 1 aliphatic rings. The van der Waals surface area contributed by atoms with E-state index >= 15 is 0 Å². The molecule has 1 aromatic heterocycles. The molecule has 0 bridgehead atoms. The number of carboxylic acids is 1. The Morgan fingerprint density at radius 1 is 1.38 bits per heavy atom. The first-order chi connectivity index (χ1) is 7.68. The molecule has 4 heteroatoms. The number of aromatic carboxylic acids is 1. The molecule has 4 nitrogen and oxygen atoms in total. The van der Waals surface area contributed by atoms with Crippen LogP contribution in [0.1, 0.15) is 15.9 Å². The van der Waals surface area contributed by atoms with Crippen LogP contribution in [0.5, 0.6) is 0 Å². The Morgan fingerprint density at radius 2 is 2.19 bits per heavy atom. The molecule has 0 fully saturated rings. The van der Waals surface area contributed by atoms with Crippen molar-refractivity contribution in [3.63, 3.8) is 0 Å². The molecule has 0 amide bonds. The molecule has 1 N–H and O–H groups in total. The van der Waals surface area contributed by atoms with E-state index in [0.717, 1.165) is 22.9 Å². The first kappa shape index (κ1) is 9.15. The quantitative estimate of drug-likeness (QED) is 0.778. The first-order valence-corrected chi connectivity index (χ1v) is 5.07. The maximum atomic E-state index is 11.9. The van der Waals surface area contributed by atoms with Gasteiger partial charge in [0.1, 0.15) is 5.56 Å². The van der Waals surface area contributed by atoms with Gasteiger partial charge in [-0.05, 0) is 23.4 Å². The van der Waals surface area contributed by atoms with E-state index in [2.05, 4.69) is 0 Å². The number of pyridine rings is 1. The van der Waals surface area contributed by atoms with E-state index in [1.165, 1.54) is 6.07 Å². The Bertz CT molecular complexity index is 670. The van der Waals surface area contributed by atoms with Gasteiger partial charge in [-0.3, -0.25) is 4.79 Å². The average molecular weight is 215 g/mol. The zero-order valence-electron chi connectivity index (χ0n) is 8.43. The van der Waals surface area contributed by atoms with Crippen LogP contribution in [0.3, 0.4) is 0 Å². The van der Waals surface area contributed by atoms with Gasteiger partial charge in [-0.15, -0.1) is 0 Å². The Labute approximate surface area is 90.7 Å². The van der Waals surface area contributed by atoms with Gasteiger partial charge in [0.2, 0.25) is 0 Å². The van der Waals surface area contributed by atoms with Gasteiger partial charge in [0, 0.05) is 6.54 Å². The summed E-state index contributed by atoms with van der Waals surface area (Å²) in [5.74, 6) is -1.16. The Morgan fingerprint density at radius 3 is 2.94 bits per heavy atom. The average Bonchev–Trinajstić information content (AvgIpc) is 2.68. The summed E-state index contributed by atoms with van der Waals surface area (Å²) in [6.07, 6.45) is 0.801. The van der Waals surface area contributed by atoms with Crippen molar-refractivity contribution < 1.29 is 9.90 Å². The summed E-state index contributed by atoms with van der Waals surface area (Å²) in [6, 6.07) is 7.17. The van der Waals surface area contributed by atoms with E-state index < -0.39 is 11.5 Å². The minimum Gasteiger partial charge on any atom is -0.477 e. The Hall–Kier alpha value is -2.10. The summed E-state index contributed by atoms with van der Waals surface area (Å²) in [5, 5.41) is 9.77. The van der Waals surface area contributed by atoms with Crippen LogP contribution in [0.15, 0.2) is 29.1 Å². The number of hydrogen-bond acceptors (Lipinski definition) is 2. The van der Waals surface area contributed by atoms with Gasteiger partial charge in [0.05, 0.1) is 5.52 Å². The van der Waals surface area contributed by atoms with E-state index in [-0.39, 0.29) is 5.56 Å². The second kappa shape index (κ2) is 2.95. The molecule has 2 aromatic rings. The van der Waals surface area contributed by atoms with Gasteiger partial charge >= 0.3 is 5.97 Å². The number of carboxylic acid groups (broad SMARTS) is 1. The fourth-order valence-electron chi connectivity index (χ4n) is 2.32. The second-order valence-corrected chi connectivity index (χ2v) is 3.92. The molecule has 0 saturated carbocycles. The SMILES string of the molecule is O=C(O)c1cc2cccc3c2n(c1=O)CC3. The van der Waals surface area contributed by atoms with Crippen molar-refractivity contribution in [1.82, 2.24) is 4.57 Å². The molecule has 0 radical (unpaired) electrons. The molecule has 3 rings (SSSR count). The third kappa shape index (κ3) is 1.04. The van der Waals surface area contributed by atoms with Gasteiger partial charge in [0.15, 0.2) is 0 Å². The lowest BCUT2D eigenvalue weighted by atomic mass is 10.1. The van der Waals surface area contributed by atoms with Crippen LogP contribution in [0.2, 0.25) is 0 Å². The van der Waals surface area contributed by atoms with Crippen molar-refractivity contribution in [2.45, 2.75) is 13.0 Å². The molecule has 1 aromatic carbocycles. The lowest BCUT2D eigenvalue weighted by Crippen LogP contribution is -2.24. The minimum absolute atomic E-state index is 0.147. The van der Waals surface area contributed by atoms with Gasteiger partial charge in [-0.2, -0.15) is 0 Å². The van der Waals surface area contributed by atoms with Crippen LogP contribution in [-0.2, 0) is 13.0 Å². The van der Waals surface area contributed by atoms with E-state index in [4.69, 9.17) is 5.11 Å². The number of carbonyl (C=O) groups is 1. The standard InChI is InChI=1S/C12H9NO3/c14-11-9(12(15)16)6-8-3-1-2-7-4-5-13(11)10(7)8/h1-3,6H,4-5H2,(H,15,16). The predicted octanol–water partition coefficient (Wildman–Crippen LogP) is 1.26. The van der Waals surface area contributed by atoms with Crippen molar-refractivity contribution in [2.75, 3.05) is 0 Å². The third-order valence-corrected chi connectivity index (χ3v) is 3.03. The third-order valence-electron chi connectivity index (χ3n) is 3.03. The zero-order valence-corrected chi connectivity index (χ0v) is 8.43. The number of aryl methyl sites for hydroxylation is 2. The molecule has 2 heterocycles. The fraction of sp³-hybridized carbons (Fsp3) is 0.167. The lowest BCUT2D eigenvalue weighted by molar-refractivity contribution is 0.0694. The topological polar surface area (TPSA) is 59.3 Å². The van der Waals surface area contributed by atoms with Crippen LogP contribution in [0.25, 0.3) is 10.9 Å². The minimum atomic E-state index is -1.16. The lowest BCUT2D eigenvalue weighted by Gasteiger charge is -2.05. The van der Waals surface area contributed by atoms with E-state index in [0.29, 0.717) is 6.54 Å². The molecular formula is C12H9NO3. The maximum Gasteiger partial charge on any atom is 0.341 e. The monoisotopic (exact) mass is 215 g/mol. The summed E-state index contributed by atoms with van der Waals surface area (Å²) in [4.78, 5) is 22.8. The first-order valence-electron chi connectivity index (χ1n) is 5.07. The summed E-state index contributed by atoms with van der Waals surface area (Å²) < 4.78 is 1.56. The predicted molar refractivity (Wildman–Crippen MR) is 58.9 cm³/mol. The number of benzene rings is 1. The van der Waals surface area contributed by atoms with Crippen molar-refractivity contribution in [3.05, 3.63) is 45.7 Å². The van der Waals surface area contributed by atoms with Crippen LogP contribution in [0.4, 0.5) is 0 Å². The Kier molecular flexibility index (Phi) is 1.68. The van der Waals surface area contributed by atoms with Crippen LogP contribution in [0, 0.1) is 0 Å². The molecule has 0 unspecified atom stereocenters. The molecule has 0 atom stereocenters. The Balaban J connectivity index is 2.52. The highest BCUT2D eigenvalue weighted by Crippen LogP contribution is 2.24. The summed E-state index contributed by atoms with van der Waals surface area (Å²) >= 11 is 0. The molecule has 0 aliphatic carbocycles. The molecular weight excluding hydrogens is 206 g/mol. The highest BCUT2D eigenvalue weighted by atomic mass is 16.4. The number of para-hydroxylation sites is 1. The number of nitrogens with zero attached hydrogens (tertiary/aromatic N) is 1. The van der Waals surface area contributed by atoms with E-state index in [1.54, 1.807) is 4.57 Å². The molecule has 1 aliphatic heterocycles. The number of rotatable bonds is 1. The summed E-state index contributed by atoms with van der Waals surface area (Å²) in [7, 11) is 0. The van der Waals surface area contributed by atoms with Gasteiger partial charge < -0.3 is 9.67 Å². The van der Waals surface area contributed by atoms with Gasteiger partial charge in [0.25, 0.3) is 5.56 Å². The number of hydrogen-bond donors (Lipinski definition) is 1. The van der Waals surface area contributed by atoms with Gasteiger partial charge in [-0.25, -0.2) is 4.79 Å². The maximum absolute atomic E-state index is 11.9. The van der Waals surface area contributed by atoms with Crippen molar-refractivity contribution in [2.24, 2.45) is 0 Å². The summed E-state index contributed by atoms with van der Waals surface area (Å²) in [6.45, 7) is 0.579. The second-order valence-electron chi connectivity index (χ2n) is 3.92. The fourth-order valence-corrected chi connectivity index (χ4v) is 2.32. The molecule has 0 saturated heterocycles. The van der Waals surface area contributed by atoms with Crippen LogP contribution in [-0.4, -0.2) is 15.6 Å². The smallest absolute Gasteiger partial charge is 0.341 e. The van der Waals surface area contributed by atoms with Crippen molar-refractivity contribution >= 4 is 16.9 Å². The number of aromatic nitrogens is 1. The van der Waals surface area contributed by atoms with E-state index in [1.807, 2.05) is 18.2 Å². The van der Waals surface area contributed by atoms with Crippen LogP contribution < -0.4 is 5.56 Å². The highest BCUT2D eigenvalue weighted by Gasteiger charge is 2.19. The normalized spacial score (nSPS) is 13.2. The summed E-state index contributed by atoms with van der Waals surface area (Å²) in [5.41, 5.74) is 1.46. The zero-order chi connectivity index (χ0) is 11.3. The van der Waals surface area contributed by atoms with Crippen LogP contribution >= 0.6 is 0 Å².